The van der Waals surface area contributed by atoms with Gasteiger partial charge in [0.15, 0.2) is 0 Å². The van der Waals surface area contributed by atoms with Crippen LogP contribution in [0.3, 0.4) is 0 Å². The summed E-state index contributed by atoms with van der Waals surface area (Å²) in [4.78, 5) is 12.0. The van der Waals surface area contributed by atoms with Gasteiger partial charge in [-0.15, -0.1) is 0 Å². The average Bonchev–Trinajstić information content (AvgIpc) is 2.57. The van der Waals surface area contributed by atoms with Crippen molar-refractivity contribution in [3.05, 3.63) is 34.8 Å². The molecular weight excluding hydrogens is 388 g/mol. The van der Waals surface area contributed by atoms with Crippen molar-refractivity contribution in [2.24, 2.45) is 5.92 Å². The maximum absolute atomic E-state index is 12.7. The van der Waals surface area contributed by atoms with E-state index >= 15 is 0 Å². The Morgan fingerprint density at radius 3 is 2.34 bits per heavy atom. The zero-order valence-corrected chi connectivity index (χ0v) is 19.6. The van der Waals surface area contributed by atoms with Gasteiger partial charge in [-0.2, -0.15) is 0 Å². The van der Waals surface area contributed by atoms with Crippen molar-refractivity contribution in [1.29, 1.82) is 0 Å². The summed E-state index contributed by atoms with van der Waals surface area (Å²) in [6, 6.07) is 0.0307. The second kappa shape index (κ2) is 11.6. The minimum atomic E-state index is -3.51. The minimum Gasteiger partial charge on any atom is -0.444 e. The maximum atomic E-state index is 12.7. The molecule has 1 saturated carbocycles. The van der Waals surface area contributed by atoms with Crippen LogP contribution in [0.2, 0.25) is 0 Å². The van der Waals surface area contributed by atoms with Crippen LogP contribution in [0.25, 0.3) is 0 Å². The molecule has 0 aromatic rings. The number of ether oxygens (including phenoxy) is 1. The predicted molar refractivity (Wildman–Crippen MR) is 119 cm³/mol. The molecule has 0 atom stereocenters. The quantitative estimate of drug-likeness (QED) is 0.546. The predicted octanol–water partition coefficient (Wildman–Crippen LogP) is 4.81. The molecule has 29 heavy (non-hydrogen) atoms. The maximum Gasteiger partial charge on any atom is 0.407 e. The van der Waals surface area contributed by atoms with Gasteiger partial charge in [0.1, 0.15) is 5.60 Å². The number of alkyl carbamates (subject to hydrolysis) is 1. The molecule has 0 saturated heterocycles. The highest BCUT2D eigenvalue weighted by Gasteiger charge is 2.21. The zero-order valence-electron chi connectivity index (χ0n) is 18.7. The smallest absolute Gasteiger partial charge is 0.407 e. The van der Waals surface area contributed by atoms with Gasteiger partial charge in [0.2, 0.25) is 10.0 Å². The van der Waals surface area contributed by atoms with Gasteiger partial charge in [0, 0.05) is 12.6 Å². The van der Waals surface area contributed by atoms with Gasteiger partial charge < -0.3 is 10.1 Å². The number of hydrogen-bond acceptors (Lipinski definition) is 4. The molecule has 0 aromatic heterocycles. The summed E-state index contributed by atoms with van der Waals surface area (Å²) in [5.41, 5.74) is 0.244. The Balaban J connectivity index is 2.77. The second-order valence-corrected chi connectivity index (χ2v) is 10.8. The van der Waals surface area contributed by atoms with Crippen LogP contribution in [0.1, 0.15) is 73.6 Å². The first-order valence-electron chi connectivity index (χ1n) is 10.4. The van der Waals surface area contributed by atoms with Crippen LogP contribution in [-0.2, 0) is 14.8 Å². The third kappa shape index (κ3) is 11.2. The SMILES string of the molecule is CC(=CC(C=CCNC(=O)OC(C)(C)C)=CC(C)C)S(=O)(=O)NC1CCCCC1. The minimum absolute atomic E-state index is 0.0307. The number of carbonyl (C=O) groups excluding carboxylic acids is 1. The van der Waals surface area contributed by atoms with Crippen molar-refractivity contribution in [3.63, 3.8) is 0 Å². The van der Waals surface area contributed by atoms with E-state index < -0.39 is 21.7 Å². The lowest BCUT2D eigenvalue weighted by Crippen LogP contribution is -2.36. The summed E-state index contributed by atoms with van der Waals surface area (Å²) in [5.74, 6) is 0.256. The monoisotopic (exact) mass is 426 g/mol. The molecule has 0 spiro atoms. The average molecular weight is 427 g/mol. The number of rotatable bonds is 8. The zero-order chi connectivity index (χ0) is 22.1. The van der Waals surface area contributed by atoms with Crippen molar-refractivity contribution in [2.45, 2.75) is 85.3 Å². The van der Waals surface area contributed by atoms with E-state index in [4.69, 9.17) is 4.74 Å². The van der Waals surface area contributed by atoms with E-state index in [-0.39, 0.29) is 12.0 Å². The Bertz CT molecular complexity index is 722. The van der Waals surface area contributed by atoms with Gasteiger partial charge in [-0.1, -0.05) is 51.3 Å². The van der Waals surface area contributed by atoms with Gasteiger partial charge >= 0.3 is 6.09 Å². The Morgan fingerprint density at radius 2 is 1.79 bits per heavy atom. The first-order chi connectivity index (χ1) is 13.4. The van der Waals surface area contributed by atoms with Gasteiger partial charge in [0.25, 0.3) is 0 Å². The van der Waals surface area contributed by atoms with Crippen LogP contribution < -0.4 is 10.0 Å². The molecule has 166 valence electrons. The van der Waals surface area contributed by atoms with Crippen LogP contribution in [0.5, 0.6) is 0 Å². The lowest BCUT2D eigenvalue weighted by Gasteiger charge is -2.22. The second-order valence-electron chi connectivity index (χ2n) is 8.91. The number of allylic oxidation sites excluding steroid dienone is 5. The van der Waals surface area contributed by atoms with Crippen molar-refractivity contribution in [1.82, 2.24) is 10.0 Å². The van der Waals surface area contributed by atoms with Crippen molar-refractivity contribution in [2.75, 3.05) is 6.54 Å². The fraction of sp³-hybridized carbons (Fsp3) is 0.682. The molecule has 1 aliphatic rings. The first-order valence-corrected chi connectivity index (χ1v) is 11.9. The largest absolute Gasteiger partial charge is 0.444 e. The summed E-state index contributed by atoms with van der Waals surface area (Å²) in [6.45, 7) is 11.4. The van der Waals surface area contributed by atoms with E-state index in [1.165, 1.54) is 6.42 Å². The lowest BCUT2D eigenvalue weighted by molar-refractivity contribution is 0.0534. The van der Waals surface area contributed by atoms with Crippen molar-refractivity contribution >= 4 is 16.1 Å². The summed E-state index contributed by atoms with van der Waals surface area (Å²) in [7, 11) is -3.51. The van der Waals surface area contributed by atoms with E-state index in [1.807, 2.05) is 26.0 Å². The summed E-state index contributed by atoms with van der Waals surface area (Å²) < 4.78 is 33.4. The van der Waals surface area contributed by atoms with Gasteiger partial charge in [-0.3, -0.25) is 0 Å². The number of sulfonamides is 1. The van der Waals surface area contributed by atoms with E-state index in [0.717, 1.165) is 31.3 Å². The van der Waals surface area contributed by atoms with Crippen LogP contribution >= 0.6 is 0 Å². The molecule has 0 heterocycles. The van der Waals surface area contributed by atoms with Crippen LogP contribution in [0.4, 0.5) is 4.79 Å². The number of hydrogen-bond donors (Lipinski definition) is 2. The van der Waals surface area contributed by atoms with E-state index in [1.54, 1.807) is 39.8 Å². The molecular formula is C22H38N2O4S. The molecule has 0 aliphatic heterocycles. The topological polar surface area (TPSA) is 84.5 Å². The van der Waals surface area contributed by atoms with Crippen LogP contribution in [0.15, 0.2) is 34.8 Å². The molecule has 0 bridgehead atoms. The molecule has 1 amide bonds. The Kier molecular flexibility index (Phi) is 10.1. The number of amides is 1. The summed E-state index contributed by atoms with van der Waals surface area (Å²) in [5, 5.41) is 2.66. The number of nitrogens with one attached hydrogen (secondary N) is 2. The molecule has 1 aliphatic carbocycles. The Morgan fingerprint density at radius 1 is 1.17 bits per heavy atom. The highest BCUT2D eigenvalue weighted by molar-refractivity contribution is 7.93. The Labute approximate surface area is 176 Å². The summed E-state index contributed by atoms with van der Waals surface area (Å²) >= 11 is 0. The third-order valence-electron chi connectivity index (χ3n) is 4.32. The number of carbonyl (C=O) groups is 1. The fourth-order valence-electron chi connectivity index (χ4n) is 3.03. The van der Waals surface area contributed by atoms with Crippen molar-refractivity contribution in [3.8, 4) is 0 Å². The first kappa shape index (κ1) is 25.4. The standard InChI is InChI=1S/C22H38N2O4S/c1-17(2)15-19(11-10-14-23-21(25)28-22(4,5)6)16-18(3)29(26,27)24-20-12-8-7-9-13-20/h10-11,15-17,20,24H,7-9,12-14H2,1-6H3,(H,23,25). The highest BCUT2D eigenvalue weighted by Crippen LogP contribution is 2.20. The lowest BCUT2D eigenvalue weighted by atomic mass is 9.96. The van der Waals surface area contributed by atoms with Crippen molar-refractivity contribution < 1.29 is 17.9 Å². The van der Waals surface area contributed by atoms with Gasteiger partial charge in [0.05, 0.1) is 4.91 Å². The normalized spacial score (nSPS) is 17.8. The molecule has 0 radical (unpaired) electrons. The van der Waals surface area contributed by atoms with Gasteiger partial charge in [-0.25, -0.2) is 17.9 Å². The molecule has 2 N–H and O–H groups in total. The fourth-order valence-corrected chi connectivity index (χ4v) is 4.18. The van der Waals surface area contributed by atoms with Crippen LogP contribution in [0, 0.1) is 5.92 Å². The molecule has 0 unspecified atom stereocenters. The third-order valence-corrected chi connectivity index (χ3v) is 5.93. The highest BCUT2D eigenvalue weighted by atomic mass is 32.2. The molecule has 7 heteroatoms. The molecule has 0 aromatic carbocycles. The Hall–Kier alpha value is -1.60. The molecule has 1 rings (SSSR count). The van der Waals surface area contributed by atoms with E-state index in [9.17, 15) is 13.2 Å². The van der Waals surface area contributed by atoms with Crippen LogP contribution in [-0.4, -0.2) is 32.7 Å². The van der Waals surface area contributed by atoms with Gasteiger partial charge in [-0.05, 0) is 58.1 Å². The molecule has 6 nitrogen and oxygen atoms in total. The van der Waals surface area contributed by atoms with E-state index in [2.05, 4.69) is 10.0 Å². The summed E-state index contributed by atoms with van der Waals surface area (Å²) in [6.07, 6.45) is 11.9. The molecule has 1 fully saturated rings. The van der Waals surface area contributed by atoms with E-state index in [0.29, 0.717) is 11.4 Å².